The number of amides is 1. The molecule has 2 N–H and O–H groups in total. The average molecular weight is 380 g/mol. The molecule has 1 aliphatic heterocycles. The number of aromatic nitrogens is 2. The summed E-state index contributed by atoms with van der Waals surface area (Å²) in [6.45, 7) is 0.633. The van der Waals surface area contributed by atoms with Crippen LogP contribution in [0.25, 0.3) is 11.4 Å². The summed E-state index contributed by atoms with van der Waals surface area (Å²) in [5.41, 5.74) is -0.0796. The summed E-state index contributed by atoms with van der Waals surface area (Å²) in [6, 6.07) is 7.01. The summed E-state index contributed by atoms with van der Waals surface area (Å²) in [4.78, 5) is 27.5. The molecule has 0 saturated carbocycles. The number of carbonyl (C=O) groups excluding carboxylic acids is 1. The smallest absolute Gasteiger partial charge is 0.305 e. The molecule has 1 atom stereocenters. The van der Waals surface area contributed by atoms with Crippen molar-refractivity contribution >= 4 is 23.5 Å². The molecule has 138 valence electrons. The third-order valence-corrected chi connectivity index (χ3v) is 4.39. The average Bonchev–Trinajstić information content (AvgIpc) is 3.23. The summed E-state index contributed by atoms with van der Waals surface area (Å²) in [5, 5.41) is 16.3. The van der Waals surface area contributed by atoms with Crippen LogP contribution >= 0.6 is 11.6 Å². The Labute approximate surface area is 154 Å². The van der Waals surface area contributed by atoms with E-state index in [1.54, 1.807) is 24.3 Å². The number of aryl methyl sites for hydroxylation is 1. The van der Waals surface area contributed by atoms with Gasteiger partial charge in [-0.25, -0.2) is 0 Å². The molecule has 1 aromatic heterocycles. The van der Waals surface area contributed by atoms with E-state index in [0.717, 1.165) is 5.56 Å². The second-order valence-corrected chi connectivity index (χ2v) is 6.66. The largest absolute Gasteiger partial charge is 0.481 e. The first-order chi connectivity index (χ1) is 12.5. The first-order valence-electron chi connectivity index (χ1n) is 8.15. The van der Waals surface area contributed by atoms with Gasteiger partial charge in [0.15, 0.2) is 0 Å². The second kappa shape index (κ2) is 7.84. The highest BCUT2D eigenvalue weighted by atomic mass is 35.5. The van der Waals surface area contributed by atoms with Crippen LogP contribution in [0.2, 0.25) is 5.02 Å². The zero-order chi connectivity index (χ0) is 18.6. The van der Waals surface area contributed by atoms with Crippen LogP contribution in [0.1, 0.15) is 25.2 Å². The molecule has 1 aromatic carbocycles. The maximum Gasteiger partial charge on any atom is 0.305 e. The standard InChI is InChI=1S/C17H18ClN3O5/c18-12-3-1-11(2-4-12)16-19-14(26-21-16)6-5-13(22)20-17(9-15(23)24)7-8-25-10-17/h1-4H,5-10H2,(H,20,22)(H,23,24). The number of nitrogens with one attached hydrogen (secondary N) is 1. The van der Waals surface area contributed by atoms with E-state index >= 15 is 0 Å². The Morgan fingerprint density at radius 2 is 2.08 bits per heavy atom. The predicted molar refractivity (Wildman–Crippen MR) is 91.6 cm³/mol. The number of rotatable bonds is 7. The fourth-order valence-corrected chi connectivity index (χ4v) is 2.96. The number of carboxylic acids is 1. The van der Waals surface area contributed by atoms with Gasteiger partial charge >= 0.3 is 5.97 Å². The molecule has 3 rings (SSSR count). The van der Waals surface area contributed by atoms with Gasteiger partial charge in [-0.15, -0.1) is 0 Å². The monoisotopic (exact) mass is 379 g/mol. The fourth-order valence-electron chi connectivity index (χ4n) is 2.83. The molecule has 9 heteroatoms. The molecule has 0 bridgehead atoms. The Balaban J connectivity index is 1.56. The lowest BCUT2D eigenvalue weighted by atomic mass is 9.94. The molecular formula is C17H18ClN3O5. The highest BCUT2D eigenvalue weighted by Crippen LogP contribution is 2.23. The first kappa shape index (κ1) is 18.3. The number of carboxylic acid groups (broad SMARTS) is 1. The van der Waals surface area contributed by atoms with Crippen molar-refractivity contribution in [1.29, 1.82) is 0 Å². The topological polar surface area (TPSA) is 115 Å². The summed E-state index contributed by atoms with van der Waals surface area (Å²) in [6.07, 6.45) is 0.687. The number of aliphatic carboxylic acids is 1. The Morgan fingerprint density at radius 3 is 2.73 bits per heavy atom. The number of hydrogen-bond acceptors (Lipinski definition) is 6. The minimum Gasteiger partial charge on any atom is -0.481 e. The van der Waals surface area contributed by atoms with E-state index < -0.39 is 11.5 Å². The normalized spacial score (nSPS) is 19.4. The number of ether oxygens (including phenoxy) is 1. The van der Waals surface area contributed by atoms with Crippen LogP contribution in [-0.2, 0) is 20.7 Å². The molecule has 2 heterocycles. The lowest BCUT2D eigenvalue weighted by molar-refractivity contribution is -0.139. The summed E-state index contributed by atoms with van der Waals surface area (Å²) in [7, 11) is 0. The van der Waals surface area contributed by atoms with Crippen LogP contribution in [0.4, 0.5) is 0 Å². The van der Waals surface area contributed by atoms with Crippen LogP contribution in [0, 0.1) is 0 Å². The van der Waals surface area contributed by atoms with E-state index in [0.29, 0.717) is 29.8 Å². The van der Waals surface area contributed by atoms with Crippen molar-refractivity contribution in [3.63, 3.8) is 0 Å². The van der Waals surface area contributed by atoms with Crippen molar-refractivity contribution in [1.82, 2.24) is 15.5 Å². The zero-order valence-corrected chi connectivity index (χ0v) is 14.7. The van der Waals surface area contributed by atoms with Crippen molar-refractivity contribution < 1.29 is 24.0 Å². The van der Waals surface area contributed by atoms with Gasteiger partial charge in [-0.2, -0.15) is 4.98 Å². The van der Waals surface area contributed by atoms with Crippen molar-refractivity contribution in [3.05, 3.63) is 35.2 Å². The van der Waals surface area contributed by atoms with Crippen LogP contribution in [-0.4, -0.2) is 45.9 Å². The lowest BCUT2D eigenvalue weighted by Crippen LogP contribution is -2.50. The van der Waals surface area contributed by atoms with Gasteiger partial charge in [-0.05, 0) is 30.7 Å². The van der Waals surface area contributed by atoms with E-state index in [-0.39, 0.29) is 31.8 Å². The SMILES string of the molecule is O=C(O)CC1(NC(=O)CCc2nc(-c3ccc(Cl)cc3)no2)CCOC1. The summed E-state index contributed by atoms with van der Waals surface area (Å²) in [5.74, 6) is -0.494. The minimum atomic E-state index is -0.972. The van der Waals surface area contributed by atoms with E-state index in [2.05, 4.69) is 15.5 Å². The van der Waals surface area contributed by atoms with Crippen molar-refractivity contribution in [2.75, 3.05) is 13.2 Å². The van der Waals surface area contributed by atoms with Crippen LogP contribution in [0.3, 0.4) is 0 Å². The molecule has 8 nitrogen and oxygen atoms in total. The minimum absolute atomic E-state index is 0.115. The van der Waals surface area contributed by atoms with Crippen molar-refractivity contribution in [2.24, 2.45) is 0 Å². The van der Waals surface area contributed by atoms with E-state index in [9.17, 15) is 9.59 Å². The van der Waals surface area contributed by atoms with Gasteiger partial charge in [-0.1, -0.05) is 16.8 Å². The number of hydrogen-bond donors (Lipinski definition) is 2. The number of nitrogens with zero attached hydrogens (tertiary/aromatic N) is 2. The van der Waals surface area contributed by atoms with Gasteiger partial charge in [0.2, 0.25) is 17.6 Å². The van der Waals surface area contributed by atoms with Gasteiger partial charge in [0, 0.05) is 30.0 Å². The maximum absolute atomic E-state index is 12.2. The van der Waals surface area contributed by atoms with Gasteiger partial charge in [0.1, 0.15) is 0 Å². The fraction of sp³-hybridized carbons (Fsp3) is 0.412. The summed E-state index contributed by atoms with van der Waals surface area (Å²) < 4.78 is 10.4. The molecule has 0 radical (unpaired) electrons. The molecule has 1 fully saturated rings. The highest BCUT2D eigenvalue weighted by molar-refractivity contribution is 6.30. The first-order valence-corrected chi connectivity index (χ1v) is 8.53. The number of carbonyl (C=O) groups is 2. The lowest BCUT2D eigenvalue weighted by Gasteiger charge is -2.26. The molecule has 1 aliphatic rings. The maximum atomic E-state index is 12.2. The van der Waals surface area contributed by atoms with E-state index in [1.165, 1.54) is 0 Å². The van der Waals surface area contributed by atoms with Crippen LogP contribution < -0.4 is 5.32 Å². The van der Waals surface area contributed by atoms with Gasteiger partial charge in [0.25, 0.3) is 0 Å². The molecule has 1 amide bonds. The number of benzene rings is 1. The van der Waals surface area contributed by atoms with Gasteiger partial charge in [0.05, 0.1) is 18.6 Å². The van der Waals surface area contributed by atoms with Gasteiger partial charge < -0.3 is 19.7 Å². The highest BCUT2D eigenvalue weighted by Gasteiger charge is 2.38. The molecule has 0 spiro atoms. The third-order valence-electron chi connectivity index (χ3n) is 4.13. The molecular weight excluding hydrogens is 362 g/mol. The van der Waals surface area contributed by atoms with Crippen LogP contribution in [0.5, 0.6) is 0 Å². The predicted octanol–water partition coefficient (Wildman–Crippen LogP) is 2.07. The van der Waals surface area contributed by atoms with E-state index in [1.807, 2.05) is 0 Å². The summed E-state index contributed by atoms with van der Waals surface area (Å²) >= 11 is 5.85. The molecule has 1 unspecified atom stereocenters. The molecule has 1 saturated heterocycles. The Morgan fingerprint density at radius 1 is 1.31 bits per heavy atom. The second-order valence-electron chi connectivity index (χ2n) is 6.22. The number of halogens is 1. The Hall–Kier alpha value is -2.45. The Kier molecular flexibility index (Phi) is 5.53. The van der Waals surface area contributed by atoms with Crippen molar-refractivity contribution in [3.8, 4) is 11.4 Å². The van der Waals surface area contributed by atoms with Gasteiger partial charge in [-0.3, -0.25) is 9.59 Å². The third kappa shape index (κ3) is 4.59. The van der Waals surface area contributed by atoms with E-state index in [4.69, 9.17) is 26.0 Å². The molecule has 2 aromatic rings. The Bertz CT molecular complexity index is 784. The molecule has 26 heavy (non-hydrogen) atoms. The quantitative estimate of drug-likeness (QED) is 0.756. The van der Waals surface area contributed by atoms with Crippen molar-refractivity contribution in [2.45, 2.75) is 31.2 Å². The van der Waals surface area contributed by atoms with Crippen LogP contribution in [0.15, 0.2) is 28.8 Å². The zero-order valence-electron chi connectivity index (χ0n) is 13.9. The molecule has 0 aliphatic carbocycles.